The van der Waals surface area contributed by atoms with E-state index < -0.39 is 27.8 Å². The molecule has 0 heterocycles. The average molecular weight is 283 g/mol. The summed E-state index contributed by atoms with van der Waals surface area (Å²) in [5.41, 5.74) is -0.361. The molecule has 0 aliphatic carbocycles. The molecule has 0 amide bonds. The van der Waals surface area contributed by atoms with Gasteiger partial charge in [0.15, 0.2) is 0 Å². The van der Waals surface area contributed by atoms with Gasteiger partial charge in [0, 0.05) is 12.1 Å². The number of hydrogen-bond donors (Lipinski definition) is 2. The van der Waals surface area contributed by atoms with Crippen molar-refractivity contribution in [3.63, 3.8) is 0 Å². The number of hydrogen-bond acceptors (Lipinski definition) is 6. The van der Waals surface area contributed by atoms with E-state index >= 15 is 0 Å². The van der Waals surface area contributed by atoms with E-state index in [1.807, 2.05) is 0 Å². The van der Waals surface area contributed by atoms with Gasteiger partial charge < -0.3 is 9.79 Å². The number of rotatable bonds is 4. The third-order valence-electron chi connectivity index (χ3n) is 1.53. The summed E-state index contributed by atoms with van der Waals surface area (Å²) in [4.78, 5) is 25.7. The molecule has 0 radical (unpaired) electrons. The fourth-order valence-corrected chi connectivity index (χ4v) is 2.74. The lowest BCUT2D eigenvalue weighted by Gasteiger charge is -2.05. The van der Waals surface area contributed by atoms with Crippen LogP contribution in [0.5, 0.6) is 0 Å². The number of benzene rings is 1. The standard InChI is InChI=1S/C6H6NO8PS/c8-7(9)5-1-3-6(4-2-5)17(13,14)15-16(10,11)12/h1-4H,(H2,10,11,12). The number of nitro benzene ring substituents is 1. The Morgan fingerprint density at radius 2 is 1.71 bits per heavy atom. The summed E-state index contributed by atoms with van der Waals surface area (Å²) < 4.78 is 36.5. The Bertz CT molecular complexity index is 573. The minimum absolute atomic E-state index is 0.361. The van der Waals surface area contributed by atoms with Gasteiger partial charge in [0.1, 0.15) is 0 Å². The first-order valence-electron chi connectivity index (χ1n) is 3.88. The van der Waals surface area contributed by atoms with Crippen molar-refractivity contribution in [3.8, 4) is 0 Å². The molecule has 0 bridgehead atoms. The zero-order valence-corrected chi connectivity index (χ0v) is 9.67. The van der Waals surface area contributed by atoms with Crippen LogP contribution in [-0.2, 0) is 18.7 Å². The number of nitro groups is 1. The van der Waals surface area contributed by atoms with Crippen LogP contribution in [0, 0.1) is 10.1 Å². The van der Waals surface area contributed by atoms with Gasteiger partial charge in [-0.3, -0.25) is 10.1 Å². The van der Waals surface area contributed by atoms with E-state index in [4.69, 9.17) is 9.79 Å². The maximum absolute atomic E-state index is 11.2. The largest absolute Gasteiger partial charge is 0.484 e. The van der Waals surface area contributed by atoms with Crippen molar-refractivity contribution in [2.75, 3.05) is 0 Å². The lowest BCUT2D eigenvalue weighted by atomic mass is 10.3. The highest BCUT2D eigenvalue weighted by molar-refractivity contribution is 7.90. The van der Waals surface area contributed by atoms with Crippen molar-refractivity contribution in [2.24, 2.45) is 0 Å². The van der Waals surface area contributed by atoms with Crippen molar-refractivity contribution in [1.29, 1.82) is 0 Å². The van der Waals surface area contributed by atoms with Gasteiger partial charge in [-0.05, 0) is 12.1 Å². The quantitative estimate of drug-likeness (QED) is 0.458. The van der Waals surface area contributed by atoms with Crippen LogP contribution < -0.4 is 0 Å². The summed E-state index contributed by atoms with van der Waals surface area (Å²) >= 11 is 0. The van der Waals surface area contributed by atoms with E-state index in [1.54, 1.807) is 0 Å². The molecule has 0 aliphatic heterocycles. The summed E-state index contributed by atoms with van der Waals surface area (Å²) in [5, 5.41) is 10.3. The molecule has 0 unspecified atom stereocenters. The van der Waals surface area contributed by atoms with Gasteiger partial charge in [0.25, 0.3) is 5.69 Å². The van der Waals surface area contributed by atoms with Crippen molar-refractivity contribution >= 4 is 23.6 Å². The highest BCUT2D eigenvalue weighted by Gasteiger charge is 2.27. The van der Waals surface area contributed by atoms with Crippen molar-refractivity contribution in [3.05, 3.63) is 34.4 Å². The van der Waals surface area contributed by atoms with Crippen LogP contribution in [-0.4, -0.2) is 23.1 Å². The summed E-state index contributed by atoms with van der Waals surface area (Å²) in [6, 6.07) is 3.36. The monoisotopic (exact) mass is 283 g/mol. The molecule has 11 heteroatoms. The zero-order valence-electron chi connectivity index (χ0n) is 7.96. The topological polar surface area (TPSA) is 144 Å². The summed E-state index contributed by atoms with van der Waals surface area (Å²) in [7, 11) is -9.85. The molecular formula is C6H6NO8PS. The van der Waals surface area contributed by atoms with Crippen LogP contribution in [0.2, 0.25) is 0 Å². The Labute approximate surface area is 95.2 Å². The Balaban J connectivity index is 3.09. The predicted octanol–water partition coefficient (Wildman–Crippen LogP) is 0.393. The molecule has 0 aromatic heterocycles. The minimum atomic E-state index is -5.21. The van der Waals surface area contributed by atoms with Crippen molar-refractivity contribution < 1.29 is 31.7 Å². The molecule has 0 saturated carbocycles. The van der Waals surface area contributed by atoms with Gasteiger partial charge >= 0.3 is 17.9 Å². The highest BCUT2D eigenvalue weighted by Crippen LogP contribution is 2.40. The van der Waals surface area contributed by atoms with Gasteiger partial charge in [0.05, 0.1) is 9.82 Å². The van der Waals surface area contributed by atoms with Gasteiger partial charge in [-0.1, -0.05) is 0 Å². The maximum Gasteiger partial charge on any atom is 0.484 e. The first-order chi connectivity index (χ1) is 7.62. The van der Waals surface area contributed by atoms with E-state index in [0.717, 1.165) is 24.3 Å². The van der Waals surface area contributed by atoms with Crippen LogP contribution in [0.15, 0.2) is 29.2 Å². The lowest BCUT2D eigenvalue weighted by molar-refractivity contribution is -0.384. The molecule has 0 saturated heterocycles. The fraction of sp³-hybridized carbons (Fsp3) is 0. The van der Waals surface area contributed by atoms with E-state index in [2.05, 4.69) is 3.97 Å². The molecule has 17 heavy (non-hydrogen) atoms. The Hall–Kier alpha value is -1.32. The first kappa shape index (κ1) is 13.7. The zero-order chi connectivity index (χ0) is 13.3. The van der Waals surface area contributed by atoms with Gasteiger partial charge in [-0.2, -0.15) is 12.4 Å². The van der Waals surface area contributed by atoms with E-state index in [0.29, 0.717) is 0 Å². The summed E-state index contributed by atoms with van der Waals surface area (Å²) in [6.45, 7) is 0. The molecule has 2 N–H and O–H groups in total. The SMILES string of the molecule is O=[N+]([O-])c1ccc(S(=O)(=O)OP(=O)(O)O)cc1. The number of nitrogens with zero attached hydrogens (tertiary/aromatic N) is 1. The van der Waals surface area contributed by atoms with Crippen molar-refractivity contribution in [2.45, 2.75) is 4.90 Å². The normalized spacial score (nSPS) is 12.4. The second kappa shape index (κ2) is 4.51. The number of phosphoric acid groups is 1. The molecule has 1 aromatic carbocycles. The van der Waals surface area contributed by atoms with Crippen LogP contribution in [0.4, 0.5) is 5.69 Å². The van der Waals surface area contributed by atoms with Crippen LogP contribution in [0.1, 0.15) is 0 Å². The van der Waals surface area contributed by atoms with E-state index in [-0.39, 0.29) is 5.69 Å². The molecule has 0 atom stereocenters. The Morgan fingerprint density at radius 1 is 1.24 bits per heavy atom. The smallest absolute Gasteiger partial charge is 0.302 e. The molecule has 1 aromatic rings. The van der Waals surface area contributed by atoms with Gasteiger partial charge in [0.2, 0.25) is 0 Å². The molecular weight excluding hydrogens is 277 g/mol. The first-order valence-corrected chi connectivity index (χ1v) is 6.82. The van der Waals surface area contributed by atoms with Crippen LogP contribution in [0.25, 0.3) is 0 Å². The molecule has 0 spiro atoms. The van der Waals surface area contributed by atoms with Crippen LogP contribution in [0.3, 0.4) is 0 Å². The van der Waals surface area contributed by atoms with Gasteiger partial charge in [-0.25, -0.2) is 4.57 Å². The third-order valence-corrected chi connectivity index (χ3v) is 3.94. The predicted molar refractivity (Wildman–Crippen MR) is 53.4 cm³/mol. The Morgan fingerprint density at radius 3 is 2.06 bits per heavy atom. The summed E-state index contributed by atoms with van der Waals surface area (Å²) in [5.74, 6) is 0. The highest BCUT2D eigenvalue weighted by atomic mass is 32.2. The average Bonchev–Trinajstić information content (AvgIpc) is 2.14. The maximum atomic E-state index is 11.2. The Kier molecular flexibility index (Phi) is 3.65. The third kappa shape index (κ3) is 3.88. The molecule has 94 valence electrons. The van der Waals surface area contributed by atoms with Crippen LogP contribution >= 0.6 is 7.82 Å². The molecule has 0 aliphatic rings. The van der Waals surface area contributed by atoms with Crippen molar-refractivity contribution in [1.82, 2.24) is 0 Å². The summed E-state index contributed by atoms with van der Waals surface area (Å²) in [6.07, 6.45) is 0. The molecule has 0 fully saturated rings. The molecule has 9 nitrogen and oxygen atoms in total. The fourth-order valence-electron chi connectivity index (χ4n) is 0.905. The second-order valence-electron chi connectivity index (χ2n) is 2.77. The van der Waals surface area contributed by atoms with E-state index in [1.165, 1.54) is 0 Å². The lowest BCUT2D eigenvalue weighted by Crippen LogP contribution is -2.04. The number of non-ortho nitro benzene ring substituents is 1. The van der Waals surface area contributed by atoms with Gasteiger partial charge in [-0.15, -0.1) is 0 Å². The van der Waals surface area contributed by atoms with E-state index in [9.17, 15) is 23.1 Å². The molecule has 1 rings (SSSR count). The minimum Gasteiger partial charge on any atom is -0.302 e. The second-order valence-corrected chi connectivity index (χ2v) is 5.73.